The van der Waals surface area contributed by atoms with Crippen molar-refractivity contribution in [1.82, 2.24) is 15.5 Å². The van der Waals surface area contributed by atoms with Gasteiger partial charge in [0.25, 0.3) is 0 Å². The minimum Gasteiger partial charge on any atom is -0.366 e. The van der Waals surface area contributed by atoms with Gasteiger partial charge in [0.2, 0.25) is 0 Å². The van der Waals surface area contributed by atoms with E-state index in [1.165, 1.54) is 60.9 Å². The van der Waals surface area contributed by atoms with E-state index in [-0.39, 0.29) is 5.66 Å². The van der Waals surface area contributed by atoms with E-state index in [2.05, 4.69) is 79.6 Å². The summed E-state index contributed by atoms with van der Waals surface area (Å²) < 4.78 is 0. The molecule has 0 bridgehead atoms. The maximum absolute atomic E-state index is 5.93. The van der Waals surface area contributed by atoms with Crippen molar-refractivity contribution in [3.05, 3.63) is 65.2 Å². The summed E-state index contributed by atoms with van der Waals surface area (Å²) in [4.78, 5) is 5.27. The molecule has 0 aliphatic carbocycles. The lowest BCUT2D eigenvalue weighted by atomic mass is 9.90. The summed E-state index contributed by atoms with van der Waals surface area (Å²) in [6.45, 7) is 6.90. The highest BCUT2D eigenvalue weighted by Crippen LogP contribution is 2.35. The first-order valence-electron chi connectivity index (χ1n) is 14.5. The average Bonchev–Trinajstić information content (AvgIpc) is 2.96. The highest BCUT2D eigenvalue weighted by Gasteiger charge is 2.44. The van der Waals surface area contributed by atoms with Gasteiger partial charge in [0.05, 0.1) is 6.54 Å². The number of unbranched alkanes of at least 4 members (excludes halogenated alkanes) is 5. The summed E-state index contributed by atoms with van der Waals surface area (Å²) in [6, 6.07) is 18.4. The number of nitrogens with zero attached hydrogens (tertiary/aromatic N) is 3. The quantitative estimate of drug-likeness (QED) is 0.207. The highest BCUT2D eigenvalue weighted by molar-refractivity contribution is 9.09. The van der Waals surface area contributed by atoms with E-state index in [9.17, 15) is 0 Å². The van der Waals surface area contributed by atoms with Crippen molar-refractivity contribution in [2.75, 3.05) is 61.9 Å². The molecule has 2 aliphatic heterocycles. The Morgan fingerprint density at radius 2 is 1.65 bits per heavy atom. The van der Waals surface area contributed by atoms with Crippen molar-refractivity contribution in [3.63, 3.8) is 0 Å². The smallest absolute Gasteiger partial charge is 0.131 e. The number of halogens is 2. The fourth-order valence-corrected chi connectivity index (χ4v) is 6.51. The Balaban J connectivity index is 1.56. The molecule has 4 rings (SSSR count). The lowest BCUT2D eigenvalue weighted by Gasteiger charge is -2.51. The molecule has 2 aromatic carbocycles. The van der Waals surface area contributed by atoms with Crippen LogP contribution in [0.5, 0.6) is 0 Å². The predicted molar refractivity (Wildman–Crippen MR) is 162 cm³/mol. The van der Waals surface area contributed by atoms with Crippen molar-refractivity contribution in [2.24, 2.45) is 0 Å². The van der Waals surface area contributed by atoms with Gasteiger partial charge in [-0.2, -0.15) is 0 Å². The van der Waals surface area contributed by atoms with Crippen LogP contribution in [0.15, 0.2) is 48.5 Å². The summed E-state index contributed by atoms with van der Waals surface area (Å²) in [5, 5.41) is 10.1. The molecule has 6 heteroatoms. The molecule has 0 aromatic heterocycles. The van der Waals surface area contributed by atoms with Gasteiger partial charge in [-0.15, -0.1) is 11.6 Å². The van der Waals surface area contributed by atoms with Gasteiger partial charge in [0.15, 0.2) is 0 Å². The molecule has 0 amide bonds. The number of nitrogens with one attached hydrogen (secondary N) is 1. The molecule has 1 N–H and O–H groups in total. The van der Waals surface area contributed by atoms with Crippen LogP contribution in [0, 0.1) is 0 Å². The standard InChI is InChI=1S/C31H45BrClN4/c32-17-8-2-1-4-11-27-12-10-15-29(25-27)31(37-23-19-34-20-24-37)26-36(22-21-35-31)30-16-7-6-14-28(30)13-5-3-9-18-33/h6-7,10,12,14-16,25,34H,1-5,8-9,11,13,17-24,26H2. The second kappa shape index (κ2) is 15.5. The van der Waals surface area contributed by atoms with E-state index >= 15 is 0 Å². The average molecular weight is 589 g/mol. The van der Waals surface area contributed by atoms with E-state index in [4.69, 9.17) is 16.9 Å². The Morgan fingerprint density at radius 1 is 0.865 bits per heavy atom. The summed E-state index contributed by atoms with van der Waals surface area (Å²) in [5.74, 6) is 0.762. The summed E-state index contributed by atoms with van der Waals surface area (Å²) >= 11 is 9.49. The predicted octanol–water partition coefficient (Wildman–Crippen LogP) is 6.32. The topological polar surface area (TPSA) is 32.6 Å². The first-order valence-corrected chi connectivity index (χ1v) is 16.1. The Kier molecular flexibility index (Phi) is 12.1. The lowest BCUT2D eigenvalue weighted by Crippen LogP contribution is -2.66. The largest absolute Gasteiger partial charge is 0.366 e. The van der Waals surface area contributed by atoms with Crippen molar-refractivity contribution < 1.29 is 0 Å². The third-order valence-corrected chi connectivity index (χ3v) is 8.77. The van der Waals surface area contributed by atoms with E-state index < -0.39 is 0 Å². The molecule has 37 heavy (non-hydrogen) atoms. The van der Waals surface area contributed by atoms with E-state index in [0.717, 1.165) is 76.3 Å². The third-order valence-electron chi connectivity index (χ3n) is 7.95. The Bertz CT molecular complexity index is 935. The lowest BCUT2D eigenvalue weighted by molar-refractivity contribution is 0.0315. The van der Waals surface area contributed by atoms with Crippen LogP contribution in [0.4, 0.5) is 5.69 Å². The number of piperazine rings is 2. The van der Waals surface area contributed by atoms with E-state index in [1.807, 2.05) is 0 Å². The Morgan fingerprint density at radius 3 is 2.49 bits per heavy atom. The molecular weight excluding hydrogens is 544 g/mol. The number of alkyl halides is 2. The van der Waals surface area contributed by atoms with Crippen LogP contribution in [0.1, 0.15) is 61.6 Å². The van der Waals surface area contributed by atoms with Gasteiger partial charge in [-0.25, -0.2) is 5.32 Å². The van der Waals surface area contributed by atoms with Gasteiger partial charge in [0.1, 0.15) is 5.66 Å². The molecule has 2 aliphatic rings. The number of hydrogen-bond donors (Lipinski definition) is 1. The van der Waals surface area contributed by atoms with Crippen molar-refractivity contribution in [3.8, 4) is 0 Å². The zero-order valence-electron chi connectivity index (χ0n) is 22.4. The molecule has 1 atom stereocenters. The molecule has 0 spiro atoms. The Labute approximate surface area is 238 Å². The first-order chi connectivity index (χ1) is 18.3. The summed E-state index contributed by atoms with van der Waals surface area (Å²) in [7, 11) is 0. The molecule has 203 valence electrons. The molecule has 1 radical (unpaired) electrons. The molecule has 4 nitrogen and oxygen atoms in total. The molecule has 2 heterocycles. The number of benzene rings is 2. The molecule has 1 unspecified atom stereocenters. The summed E-state index contributed by atoms with van der Waals surface area (Å²) in [5.41, 5.74) is 5.39. The fourth-order valence-electron chi connectivity index (χ4n) is 5.93. The zero-order chi connectivity index (χ0) is 25.8. The first kappa shape index (κ1) is 28.9. The van der Waals surface area contributed by atoms with Crippen LogP contribution < -0.4 is 15.5 Å². The third kappa shape index (κ3) is 7.95. The van der Waals surface area contributed by atoms with Crippen LogP contribution in [0.2, 0.25) is 0 Å². The van der Waals surface area contributed by atoms with Crippen LogP contribution >= 0.6 is 27.5 Å². The van der Waals surface area contributed by atoms with Gasteiger partial charge >= 0.3 is 0 Å². The van der Waals surface area contributed by atoms with Gasteiger partial charge in [-0.3, -0.25) is 4.90 Å². The molecule has 2 fully saturated rings. The molecule has 2 aromatic rings. The number of hydrogen-bond acceptors (Lipinski definition) is 3. The van der Waals surface area contributed by atoms with Gasteiger partial charge in [-0.05, 0) is 61.3 Å². The monoisotopic (exact) mass is 587 g/mol. The second-order valence-electron chi connectivity index (χ2n) is 10.5. The number of aryl methyl sites for hydroxylation is 2. The molecular formula is C31H45BrClN4. The molecule has 2 saturated heterocycles. The SMILES string of the molecule is ClCCCCCc1ccccc1N1CC[N]C(c2cccc(CCCCCCBr)c2)(N2CCNCC2)C1. The van der Waals surface area contributed by atoms with E-state index in [0.29, 0.717) is 0 Å². The number of anilines is 1. The zero-order valence-corrected chi connectivity index (χ0v) is 24.8. The maximum Gasteiger partial charge on any atom is 0.131 e. The minimum absolute atomic E-state index is 0.294. The van der Waals surface area contributed by atoms with Crippen molar-refractivity contribution in [1.29, 1.82) is 0 Å². The minimum atomic E-state index is -0.294. The van der Waals surface area contributed by atoms with Gasteiger partial charge < -0.3 is 10.2 Å². The van der Waals surface area contributed by atoms with Crippen molar-refractivity contribution >= 4 is 33.2 Å². The number of rotatable bonds is 14. The van der Waals surface area contributed by atoms with Crippen LogP contribution in [0.25, 0.3) is 0 Å². The van der Waals surface area contributed by atoms with Crippen LogP contribution in [0.3, 0.4) is 0 Å². The maximum atomic E-state index is 5.93. The normalized spacial score (nSPS) is 20.9. The van der Waals surface area contributed by atoms with E-state index in [1.54, 1.807) is 0 Å². The summed E-state index contributed by atoms with van der Waals surface area (Å²) in [6.07, 6.45) is 10.9. The highest BCUT2D eigenvalue weighted by atomic mass is 79.9. The van der Waals surface area contributed by atoms with Crippen LogP contribution in [-0.4, -0.2) is 61.9 Å². The Hall–Kier alpha value is -1.11. The van der Waals surface area contributed by atoms with Crippen LogP contribution in [-0.2, 0) is 18.5 Å². The van der Waals surface area contributed by atoms with Crippen molar-refractivity contribution in [2.45, 2.75) is 63.5 Å². The fraction of sp³-hybridized carbons (Fsp3) is 0.613. The number of para-hydroxylation sites is 1. The van der Waals surface area contributed by atoms with Gasteiger partial charge in [0, 0.05) is 56.2 Å². The molecule has 0 saturated carbocycles. The van der Waals surface area contributed by atoms with Gasteiger partial charge in [-0.1, -0.05) is 77.7 Å². The second-order valence-corrected chi connectivity index (χ2v) is 11.7.